The number of nitrogens with zero attached hydrogens (tertiary/aromatic N) is 1. The SMILES string of the molecule is Nc1cc(NCC(=O)NC2CC2)ccc1[N+](=O)[O-]. The number of nitro benzene ring substituents is 1. The van der Waals surface area contributed by atoms with Crippen LogP contribution in [0.5, 0.6) is 0 Å². The molecule has 1 amide bonds. The Labute approximate surface area is 104 Å². The van der Waals surface area contributed by atoms with Gasteiger partial charge in [0.15, 0.2) is 0 Å². The molecule has 1 aromatic carbocycles. The van der Waals surface area contributed by atoms with Crippen molar-refractivity contribution in [3.63, 3.8) is 0 Å². The maximum Gasteiger partial charge on any atom is 0.292 e. The summed E-state index contributed by atoms with van der Waals surface area (Å²) >= 11 is 0. The van der Waals surface area contributed by atoms with Crippen LogP contribution in [0.25, 0.3) is 0 Å². The Kier molecular flexibility index (Phi) is 3.31. The van der Waals surface area contributed by atoms with Crippen LogP contribution in [0.3, 0.4) is 0 Å². The molecule has 0 aromatic heterocycles. The molecule has 0 heterocycles. The Bertz CT molecular complexity index is 485. The molecule has 1 aromatic rings. The molecule has 96 valence electrons. The Balaban J connectivity index is 1.90. The molecule has 4 N–H and O–H groups in total. The van der Waals surface area contributed by atoms with Crippen LogP contribution in [0, 0.1) is 10.1 Å². The first kappa shape index (κ1) is 12.2. The van der Waals surface area contributed by atoms with E-state index in [0.29, 0.717) is 11.7 Å². The zero-order valence-electron chi connectivity index (χ0n) is 9.68. The number of nitrogens with two attached hydrogens (primary N) is 1. The second kappa shape index (κ2) is 4.91. The topological polar surface area (TPSA) is 110 Å². The van der Waals surface area contributed by atoms with Gasteiger partial charge in [-0.15, -0.1) is 0 Å². The number of nitrogens with one attached hydrogen (secondary N) is 2. The molecule has 0 saturated heterocycles. The lowest BCUT2D eigenvalue weighted by atomic mass is 10.2. The van der Waals surface area contributed by atoms with Gasteiger partial charge in [0.1, 0.15) is 5.69 Å². The van der Waals surface area contributed by atoms with E-state index >= 15 is 0 Å². The second-order valence-corrected chi connectivity index (χ2v) is 4.23. The molecule has 0 atom stereocenters. The molecule has 1 fully saturated rings. The van der Waals surface area contributed by atoms with Crippen LogP contribution in [0.1, 0.15) is 12.8 Å². The first-order chi connectivity index (χ1) is 8.56. The maximum atomic E-state index is 11.4. The van der Waals surface area contributed by atoms with Gasteiger partial charge in [0.25, 0.3) is 5.69 Å². The third kappa shape index (κ3) is 3.09. The number of amides is 1. The highest BCUT2D eigenvalue weighted by Gasteiger charge is 2.22. The van der Waals surface area contributed by atoms with E-state index in [4.69, 9.17) is 5.73 Å². The number of hydrogen-bond donors (Lipinski definition) is 3. The van der Waals surface area contributed by atoms with Crippen LogP contribution in [0.4, 0.5) is 17.1 Å². The Morgan fingerprint density at radius 3 is 2.78 bits per heavy atom. The fourth-order valence-electron chi connectivity index (χ4n) is 1.52. The van der Waals surface area contributed by atoms with Crippen LogP contribution in [0.15, 0.2) is 18.2 Å². The van der Waals surface area contributed by atoms with Gasteiger partial charge < -0.3 is 16.4 Å². The summed E-state index contributed by atoms with van der Waals surface area (Å²) < 4.78 is 0. The van der Waals surface area contributed by atoms with Gasteiger partial charge in [-0.05, 0) is 25.0 Å². The van der Waals surface area contributed by atoms with E-state index in [2.05, 4.69) is 10.6 Å². The van der Waals surface area contributed by atoms with E-state index in [-0.39, 0.29) is 23.8 Å². The largest absolute Gasteiger partial charge is 0.393 e. The fraction of sp³-hybridized carbons (Fsp3) is 0.364. The summed E-state index contributed by atoms with van der Waals surface area (Å²) in [6.45, 7) is 0.133. The predicted molar refractivity (Wildman–Crippen MR) is 67.2 cm³/mol. The van der Waals surface area contributed by atoms with E-state index in [0.717, 1.165) is 12.8 Å². The molecule has 0 unspecified atom stereocenters. The Hall–Kier alpha value is -2.31. The van der Waals surface area contributed by atoms with Gasteiger partial charge in [-0.25, -0.2) is 0 Å². The Morgan fingerprint density at radius 1 is 1.50 bits per heavy atom. The monoisotopic (exact) mass is 250 g/mol. The number of rotatable bonds is 5. The molecule has 1 aliphatic carbocycles. The quantitative estimate of drug-likeness (QED) is 0.408. The minimum Gasteiger partial charge on any atom is -0.393 e. The molecule has 1 aliphatic rings. The summed E-state index contributed by atoms with van der Waals surface area (Å²) in [5, 5.41) is 16.3. The summed E-state index contributed by atoms with van der Waals surface area (Å²) in [4.78, 5) is 21.4. The van der Waals surface area contributed by atoms with Crippen molar-refractivity contribution in [3.8, 4) is 0 Å². The number of hydrogen-bond acceptors (Lipinski definition) is 5. The van der Waals surface area contributed by atoms with E-state index < -0.39 is 4.92 Å². The van der Waals surface area contributed by atoms with Crippen molar-refractivity contribution >= 4 is 23.0 Å². The third-order valence-corrected chi connectivity index (χ3v) is 2.62. The first-order valence-electron chi connectivity index (χ1n) is 5.63. The average molecular weight is 250 g/mol. The number of carbonyl (C=O) groups excluding carboxylic acids is 1. The minimum atomic E-state index is -0.543. The standard InChI is InChI=1S/C11H14N4O3/c12-9-5-8(3-4-10(9)15(17)18)13-6-11(16)14-7-1-2-7/h3-5,7,13H,1-2,6,12H2,(H,14,16). The van der Waals surface area contributed by atoms with Crippen molar-refractivity contribution < 1.29 is 9.72 Å². The van der Waals surface area contributed by atoms with Crippen LogP contribution in [0.2, 0.25) is 0 Å². The molecule has 2 rings (SSSR count). The van der Waals surface area contributed by atoms with Crippen LogP contribution < -0.4 is 16.4 Å². The van der Waals surface area contributed by atoms with Gasteiger partial charge in [0.05, 0.1) is 11.5 Å². The maximum absolute atomic E-state index is 11.4. The van der Waals surface area contributed by atoms with Gasteiger partial charge in [-0.2, -0.15) is 0 Å². The van der Waals surface area contributed by atoms with Crippen LogP contribution in [-0.4, -0.2) is 23.4 Å². The van der Waals surface area contributed by atoms with Crippen molar-refractivity contribution in [1.29, 1.82) is 0 Å². The number of nitro groups is 1. The van der Waals surface area contributed by atoms with E-state index in [9.17, 15) is 14.9 Å². The first-order valence-corrected chi connectivity index (χ1v) is 5.63. The highest BCUT2D eigenvalue weighted by Crippen LogP contribution is 2.24. The lowest BCUT2D eigenvalue weighted by Gasteiger charge is -2.07. The van der Waals surface area contributed by atoms with Gasteiger partial charge >= 0.3 is 0 Å². The Morgan fingerprint density at radius 2 is 2.22 bits per heavy atom. The van der Waals surface area contributed by atoms with Gasteiger partial charge in [-0.1, -0.05) is 0 Å². The second-order valence-electron chi connectivity index (χ2n) is 4.23. The molecule has 7 heteroatoms. The molecule has 0 radical (unpaired) electrons. The van der Waals surface area contributed by atoms with Crippen molar-refractivity contribution in [1.82, 2.24) is 5.32 Å². The van der Waals surface area contributed by atoms with Gasteiger partial charge in [-0.3, -0.25) is 14.9 Å². The lowest BCUT2D eigenvalue weighted by Crippen LogP contribution is -2.31. The molecular formula is C11H14N4O3. The van der Waals surface area contributed by atoms with Crippen molar-refractivity contribution in [3.05, 3.63) is 28.3 Å². The van der Waals surface area contributed by atoms with Gasteiger partial charge in [0, 0.05) is 17.8 Å². The highest BCUT2D eigenvalue weighted by molar-refractivity contribution is 5.81. The van der Waals surface area contributed by atoms with Crippen LogP contribution >= 0.6 is 0 Å². The molecule has 0 bridgehead atoms. The number of nitrogen functional groups attached to an aromatic ring is 1. The van der Waals surface area contributed by atoms with E-state index in [1.807, 2.05) is 0 Å². The highest BCUT2D eigenvalue weighted by atomic mass is 16.6. The van der Waals surface area contributed by atoms with Crippen molar-refractivity contribution in [2.24, 2.45) is 0 Å². The normalized spacial score (nSPS) is 14.0. The molecular weight excluding hydrogens is 236 g/mol. The van der Waals surface area contributed by atoms with Gasteiger partial charge in [0.2, 0.25) is 5.91 Å². The number of benzene rings is 1. The van der Waals surface area contributed by atoms with Crippen molar-refractivity contribution in [2.75, 3.05) is 17.6 Å². The summed E-state index contributed by atoms with van der Waals surface area (Å²) in [6, 6.07) is 4.61. The van der Waals surface area contributed by atoms with Crippen molar-refractivity contribution in [2.45, 2.75) is 18.9 Å². The zero-order valence-corrected chi connectivity index (χ0v) is 9.68. The summed E-state index contributed by atoms with van der Waals surface area (Å²) in [5.74, 6) is -0.0885. The molecule has 18 heavy (non-hydrogen) atoms. The fourth-order valence-corrected chi connectivity index (χ4v) is 1.52. The predicted octanol–water partition coefficient (Wildman–Crippen LogP) is 0.867. The number of anilines is 2. The molecule has 7 nitrogen and oxygen atoms in total. The summed E-state index contributed by atoms with van der Waals surface area (Å²) in [5.41, 5.74) is 6.06. The third-order valence-electron chi connectivity index (χ3n) is 2.62. The summed E-state index contributed by atoms with van der Waals surface area (Å²) in [6.07, 6.45) is 2.08. The molecule has 0 spiro atoms. The lowest BCUT2D eigenvalue weighted by molar-refractivity contribution is -0.383. The van der Waals surface area contributed by atoms with E-state index in [1.165, 1.54) is 18.2 Å². The van der Waals surface area contributed by atoms with E-state index in [1.54, 1.807) is 0 Å². The molecule has 1 saturated carbocycles. The average Bonchev–Trinajstić information content (AvgIpc) is 3.10. The smallest absolute Gasteiger partial charge is 0.292 e. The molecule has 0 aliphatic heterocycles. The minimum absolute atomic E-state index is 0.0765. The van der Waals surface area contributed by atoms with Crippen LogP contribution in [-0.2, 0) is 4.79 Å². The number of carbonyl (C=O) groups is 1. The zero-order chi connectivity index (χ0) is 13.1. The summed E-state index contributed by atoms with van der Waals surface area (Å²) in [7, 11) is 0.